The number of rotatable bonds is 6. The van der Waals surface area contributed by atoms with Gasteiger partial charge in [-0.15, -0.1) is 0 Å². The first-order valence-corrected chi connectivity index (χ1v) is 4.77. The lowest BCUT2D eigenvalue weighted by Gasteiger charge is -2.12. The Morgan fingerprint density at radius 3 is 2.57 bits per heavy atom. The van der Waals surface area contributed by atoms with Crippen LogP contribution in [0.25, 0.3) is 0 Å². The quantitative estimate of drug-likeness (QED) is 0.655. The average molecular weight is 193 g/mol. The van der Waals surface area contributed by atoms with Crippen LogP contribution in [-0.2, 0) is 4.79 Å². The number of carbonyl (C=O) groups is 1. The fourth-order valence-corrected chi connectivity index (χ4v) is 1.12. The number of likely N-dealkylation sites (N-methyl/N-ethyl adjacent to an activating group) is 1. The van der Waals surface area contributed by atoms with Crippen molar-refractivity contribution in [3.8, 4) is 0 Å². The Bertz CT molecular complexity index is 251. The van der Waals surface area contributed by atoms with Crippen molar-refractivity contribution in [2.75, 3.05) is 7.05 Å². The largest absolute Gasteiger partial charge is 0.310 e. The van der Waals surface area contributed by atoms with Gasteiger partial charge in [0.1, 0.15) is 5.78 Å². The van der Waals surface area contributed by atoms with Crippen LogP contribution in [0.15, 0.2) is 36.5 Å². The predicted molar refractivity (Wildman–Crippen MR) is 61.2 cm³/mol. The van der Waals surface area contributed by atoms with Crippen molar-refractivity contribution in [2.24, 2.45) is 0 Å². The Labute approximate surface area is 86.4 Å². The number of Topliss-reactive ketones (excluding diaryl/α,β-unsaturated/α-hetero) is 1. The van der Waals surface area contributed by atoms with E-state index in [4.69, 9.17) is 0 Å². The molecule has 0 aromatic heterocycles. The van der Waals surface area contributed by atoms with E-state index in [-0.39, 0.29) is 11.8 Å². The van der Waals surface area contributed by atoms with Gasteiger partial charge in [0.15, 0.2) is 0 Å². The molecule has 0 heterocycles. The first-order chi connectivity index (χ1) is 6.65. The first kappa shape index (κ1) is 12.8. The molecule has 0 spiro atoms. The molecule has 0 amide bonds. The second kappa shape index (κ2) is 7.27. The molecular weight excluding hydrogens is 174 g/mol. The van der Waals surface area contributed by atoms with Gasteiger partial charge in [-0.3, -0.25) is 4.79 Å². The second-order valence-electron chi connectivity index (χ2n) is 3.13. The van der Waals surface area contributed by atoms with Gasteiger partial charge in [-0.25, -0.2) is 0 Å². The third-order valence-electron chi connectivity index (χ3n) is 2.04. The van der Waals surface area contributed by atoms with Crippen molar-refractivity contribution in [2.45, 2.75) is 26.3 Å². The van der Waals surface area contributed by atoms with Crippen LogP contribution in [0.1, 0.15) is 20.3 Å². The van der Waals surface area contributed by atoms with Gasteiger partial charge >= 0.3 is 0 Å². The molecule has 0 rings (SSSR count). The molecule has 0 aliphatic carbocycles. The maximum Gasteiger partial charge on any atom is 0.147 e. The van der Waals surface area contributed by atoms with Crippen molar-refractivity contribution in [3.63, 3.8) is 0 Å². The van der Waals surface area contributed by atoms with E-state index in [0.29, 0.717) is 6.42 Å². The number of carbonyl (C=O) groups excluding carboxylic acids is 1. The Morgan fingerprint density at radius 2 is 2.21 bits per heavy atom. The molecule has 2 heteroatoms. The lowest BCUT2D eigenvalue weighted by molar-refractivity contribution is -0.118. The monoisotopic (exact) mass is 193 g/mol. The molecule has 14 heavy (non-hydrogen) atoms. The molecule has 0 radical (unpaired) electrons. The third kappa shape index (κ3) is 4.77. The molecule has 0 bridgehead atoms. The summed E-state index contributed by atoms with van der Waals surface area (Å²) in [5.41, 5.74) is 1.07. The van der Waals surface area contributed by atoms with E-state index in [9.17, 15) is 4.79 Å². The Hall–Kier alpha value is -1.15. The van der Waals surface area contributed by atoms with Crippen LogP contribution in [0.2, 0.25) is 0 Å². The van der Waals surface area contributed by atoms with E-state index in [1.807, 2.05) is 25.2 Å². The lowest BCUT2D eigenvalue weighted by Crippen LogP contribution is -2.32. The summed E-state index contributed by atoms with van der Waals surface area (Å²) in [7, 11) is 1.79. The topological polar surface area (TPSA) is 29.1 Å². The summed E-state index contributed by atoms with van der Waals surface area (Å²) in [5, 5.41) is 2.98. The zero-order valence-electron chi connectivity index (χ0n) is 9.21. The van der Waals surface area contributed by atoms with E-state index >= 15 is 0 Å². The van der Waals surface area contributed by atoms with Crippen LogP contribution in [0.4, 0.5) is 0 Å². The highest BCUT2D eigenvalue weighted by molar-refractivity contribution is 5.81. The maximum atomic E-state index is 11.2. The molecule has 0 aliphatic rings. The fourth-order valence-electron chi connectivity index (χ4n) is 1.12. The second-order valence-corrected chi connectivity index (χ2v) is 3.13. The van der Waals surface area contributed by atoms with Crippen molar-refractivity contribution in [1.29, 1.82) is 0 Å². The lowest BCUT2D eigenvalue weighted by atomic mass is 10.0. The van der Waals surface area contributed by atoms with Crippen LogP contribution in [0.5, 0.6) is 0 Å². The summed E-state index contributed by atoms with van der Waals surface area (Å²) in [6.07, 6.45) is 8.35. The van der Waals surface area contributed by atoms with E-state index in [1.165, 1.54) is 0 Å². The highest BCUT2D eigenvalue weighted by Gasteiger charge is 2.11. The normalized spacial score (nSPS) is 14.4. The molecule has 0 aliphatic heterocycles. The van der Waals surface area contributed by atoms with Gasteiger partial charge in [0, 0.05) is 0 Å². The number of ketones is 1. The Kier molecular flexibility index (Phi) is 6.68. The van der Waals surface area contributed by atoms with Gasteiger partial charge < -0.3 is 5.32 Å². The van der Waals surface area contributed by atoms with Crippen LogP contribution in [0.3, 0.4) is 0 Å². The van der Waals surface area contributed by atoms with E-state index < -0.39 is 0 Å². The van der Waals surface area contributed by atoms with E-state index in [0.717, 1.165) is 5.57 Å². The molecular formula is C12H19NO. The first-order valence-electron chi connectivity index (χ1n) is 4.77. The predicted octanol–water partition coefficient (Wildman–Crippen LogP) is 2.24. The fraction of sp³-hybridized carbons (Fsp3) is 0.417. The van der Waals surface area contributed by atoms with Crippen molar-refractivity contribution >= 4 is 5.78 Å². The maximum absolute atomic E-state index is 11.2. The number of nitrogens with one attached hydrogen (secondary N) is 1. The zero-order valence-corrected chi connectivity index (χ0v) is 9.21. The molecule has 1 atom stereocenters. The molecule has 2 nitrogen and oxygen atoms in total. The molecule has 0 fully saturated rings. The SMILES string of the molecule is C=C/C(=C\C=C/C)CC(NC)C(C)=O. The minimum absolute atomic E-state index is 0.107. The molecule has 1 unspecified atom stereocenters. The van der Waals surface area contributed by atoms with Gasteiger partial charge in [-0.2, -0.15) is 0 Å². The summed E-state index contributed by atoms with van der Waals surface area (Å²) in [6, 6.07) is -0.107. The van der Waals surface area contributed by atoms with E-state index in [2.05, 4.69) is 11.9 Å². The molecule has 0 saturated heterocycles. The number of allylic oxidation sites excluding steroid dienone is 4. The summed E-state index contributed by atoms with van der Waals surface area (Å²) >= 11 is 0. The Balaban J connectivity index is 4.43. The van der Waals surface area contributed by atoms with Crippen LogP contribution < -0.4 is 5.32 Å². The van der Waals surface area contributed by atoms with Gasteiger partial charge in [0.05, 0.1) is 6.04 Å². The standard InChI is InChI=1S/C12H19NO/c1-5-7-8-11(6-2)9-12(13-4)10(3)14/h5-8,12-13H,2,9H2,1,3-4H3/b7-5-,11-8+. The minimum atomic E-state index is -0.107. The highest BCUT2D eigenvalue weighted by atomic mass is 16.1. The molecule has 0 aromatic carbocycles. The van der Waals surface area contributed by atoms with Crippen LogP contribution in [0, 0.1) is 0 Å². The molecule has 0 aromatic rings. The van der Waals surface area contributed by atoms with Crippen molar-refractivity contribution < 1.29 is 4.79 Å². The summed E-state index contributed by atoms with van der Waals surface area (Å²) in [6.45, 7) is 7.27. The third-order valence-corrected chi connectivity index (χ3v) is 2.04. The van der Waals surface area contributed by atoms with Crippen molar-refractivity contribution in [3.05, 3.63) is 36.5 Å². The van der Waals surface area contributed by atoms with E-state index in [1.54, 1.807) is 20.0 Å². The van der Waals surface area contributed by atoms with Crippen LogP contribution in [-0.4, -0.2) is 18.9 Å². The summed E-state index contributed by atoms with van der Waals surface area (Å²) in [4.78, 5) is 11.2. The zero-order chi connectivity index (χ0) is 11.0. The molecule has 0 saturated carbocycles. The van der Waals surface area contributed by atoms with Gasteiger partial charge in [-0.05, 0) is 32.9 Å². The minimum Gasteiger partial charge on any atom is -0.310 e. The molecule has 78 valence electrons. The summed E-state index contributed by atoms with van der Waals surface area (Å²) in [5.74, 6) is 0.153. The van der Waals surface area contributed by atoms with Gasteiger partial charge in [0.25, 0.3) is 0 Å². The number of hydrogen-bond donors (Lipinski definition) is 1. The highest BCUT2D eigenvalue weighted by Crippen LogP contribution is 2.07. The van der Waals surface area contributed by atoms with Crippen LogP contribution >= 0.6 is 0 Å². The Morgan fingerprint density at radius 1 is 1.57 bits per heavy atom. The average Bonchev–Trinajstić information content (AvgIpc) is 2.18. The summed E-state index contributed by atoms with van der Waals surface area (Å²) < 4.78 is 0. The van der Waals surface area contributed by atoms with Crippen molar-refractivity contribution in [1.82, 2.24) is 5.32 Å². The molecule has 1 N–H and O–H groups in total. The smallest absolute Gasteiger partial charge is 0.147 e. The van der Waals surface area contributed by atoms with Gasteiger partial charge in [-0.1, -0.05) is 30.9 Å². The number of hydrogen-bond acceptors (Lipinski definition) is 2. The van der Waals surface area contributed by atoms with Gasteiger partial charge in [0.2, 0.25) is 0 Å².